The molecule has 2 bridgehead atoms. The van der Waals surface area contributed by atoms with E-state index in [0.29, 0.717) is 37.4 Å². The summed E-state index contributed by atoms with van der Waals surface area (Å²) in [5.41, 5.74) is 5.25. The Bertz CT molecular complexity index is 1250. The molecule has 2 aromatic carbocycles. The van der Waals surface area contributed by atoms with Gasteiger partial charge in [0.1, 0.15) is 12.4 Å². The van der Waals surface area contributed by atoms with E-state index >= 15 is 0 Å². The number of carbonyl (C=O) groups excluding carboxylic acids is 2. The second-order valence-corrected chi connectivity index (χ2v) is 9.66. The largest absolute Gasteiger partial charge is 0.496 e. The van der Waals surface area contributed by atoms with Crippen molar-refractivity contribution in [2.75, 3.05) is 26.9 Å². The van der Waals surface area contributed by atoms with Crippen LogP contribution in [-0.2, 0) is 9.47 Å². The lowest BCUT2D eigenvalue weighted by molar-refractivity contribution is -0.0748. The van der Waals surface area contributed by atoms with Crippen LogP contribution < -0.4 is 4.74 Å². The van der Waals surface area contributed by atoms with Gasteiger partial charge in [-0.15, -0.1) is 0 Å². The first-order valence-electron chi connectivity index (χ1n) is 12.4. The van der Waals surface area contributed by atoms with Crippen LogP contribution in [0.15, 0.2) is 67.0 Å². The number of amides is 1. The minimum Gasteiger partial charge on any atom is -0.496 e. The van der Waals surface area contributed by atoms with Crippen LogP contribution in [-0.4, -0.2) is 60.8 Å². The van der Waals surface area contributed by atoms with E-state index in [1.54, 1.807) is 30.5 Å². The van der Waals surface area contributed by atoms with E-state index in [1.165, 1.54) is 22.3 Å². The Hall–Kier alpha value is -3.71. The molecule has 184 valence electrons. The highest BCUT2D eigenvalue weighted by molar-refractivity contribution is 6.00. The SMILES string of the molecule is COc1ccncc1C(=O)C1CC2COCC(C1)N2C(=O)OCC1c2ccccc2-c2ccccc21. The second kappa shape index (κ2) is 9.39. The maximum atomic E-state index is 13.4. The molecule has 0 spiro atoms. The van der Waals surface area contributed by atoms with Crippen molar-refractivity contribution < 1.29 is 23.8 Å². The Morgan fingerprint density at radius 2 is 1.61 bits per heavy atom. The van der Waals surface area contributed by atoms with Crippen molar-refractivity contribution in [3.05, 3.63) is 83.7 Å². The van der Waals surface area contributed by atoms with Gasteiger partial charge in [0.15, 0.2) is 5.78 Å². The summed E-state index contributed by atoms with van der Waals surface area (Å²) in [7, 11) is 1.55. The normalized spacial score (nSPS) is 22.5. The molecule has 2 unspecified atom stereocenters. The van der Waals surface area contributed by atoms with Crippen molar-refractivity contribution in [1.82, 2.24) is 9.88 Å². The van der Waals surface area contributed by atoms with E-state index in [1.807, 2.05) is 24.3 Å². The van der Waals surface area contributed by atoms with Gasteiger partial charge in [-0.3, -0.25) is 14.7 Å². The zero-order valence-electron chi connectivity index (χ0n) is 20.1. The molecule has 2 saturated heterocycles. The molecule has 36 heavy (non-hydrogen) atoms. The number of pyridine rings is 1. The van der Waals surface area contributed by atoms with Crippen LogP contribution in [0.1, 0.15) is 40.2 Å². The van der Waals surface area contributed by atoms with Gasteiger partial charge in [0.25, 0.3) is 0 Å². The van der Waals surface area contributed by atoms with Gasteiger partial charge in [0.2, 0.25) is 0 Å². The summed E-state index contributed by atoms with van der Waals surface area (Å²) in [6.45, 7) is 1.07. The zero-order chi connectivity index (χ0) is 24.6. The molecular weight excluding hydrogens is 456 g/mol. The molecule has 7 nitrogen and oxygen atoms in total. The molecular formula is C29H28N2O5. The topological polar surface area (TPSA) is 78.0 Å². The molecule has 3 aromatic rings. The number of hydrogen-bond acceptors (Lipinski definition) is 6. The number of ketones is 1. The van der Waals surface area contributed by atoms with Gasteiger partial charge in [-0.05, 0) is 41.2 Å². The highest BCUT2D eigenvalue weighted by atomic mass is 16.6. The molecule has 0 N–H and O–H groups in total. The van der Waals surface area contributed by atoms with Crippen molar-refractivity contribution >= 4 is 11.9 Å². The summed E-state index contributed by atoms with van der Waals surface area (Å²) in [5, 5.41) is 0. The average molecular weight is 485 g/mol. The van der Waals surface area contributed by atoms with Crippen LogP contribution in [0.25, 0.3) is 11.1 Å². The molecule has 3 heterocycles. The number of aromatic nitrogens is 1. The van der Waals surface area contributed by atoms with Crippen molar-refractivity contribution in [3.63, 3.8) is 0 Å². The van der Waals surface area contributed by atoms with E-state index in [4.69, 9.17) is 14.2 Å². The standard InChI is InChI=1S/C29H28N2O5/c1-34-27-10-11-30-14-25(27)28(32)18-12-19-15-35-16-20(13-18)31(19)29(33)36-17-26-23-8-4-2-6-21(23)22-7-3-5-9-24(22)26/h2-11,14,18-20,26H,12-13,15-17H2,1H3. The van der Waals surface area contributed by atoms with Crippen molar-refractivity contribution in [2.45, 2.75) is 30.8 Å². The van der Waals surface area contributed by atoms with E-state index in [9.17, 15) is 9.59 Å². The Morgan fingerprint density at radius 3 is 2.25 bits per heavy atom. The second-order valence-electron chi connectivity index (χ2n) is 9.66. The Morgan fingerprint density at radius 1 is 0.972 bits per heavy atom. The Balaban J connectivity index is 1.17. The molecule has 0 radical (unpaired) electrons. The first-order chi connectivity index (χ1) is 17.7. The van der Waals surface area contributed by atoms with Gasteiger partial charge in [-0.1, -0.05) is 48.5 Å². The van der Waals surface area contributed by atoms with Crippen molar-refractivity contribution in [1.29, 1.82) is 0 Å². The van der Waals surface area contributed by atoms with Gasteiger partial charge in [-0.2, -0.15) is 0 Å². The number of morpholine rings is 1. The number of carbonyl (C=O) groups is 2. The summed E-state index contributed by atoms with van der Waals surface area (Å²) >= 11 is 0. The lowest BCUT2D eigenvalue weighted by Gasteiger charge is -2.47. The summed E-state index contributed by atoms with van der Waals surface area (Å²) in [4.78, 5) is 32.6. The Kier molecular flexibility index (Phi) is 5.93. The fourth-order valence-corrected chi connectivity index (χ4v) is 6.06. The van der Waals surface area contributed by atoms with Crippen molar-refractivity contribution in [2.24, 2.45) is 5.92 Å². The number of rotatable bonds is 5. The van der Waals surface area contributed by atoms with Gasteiger partial charge in [0, 0.05) is 24.2 Å². The molecule has 2 fully saturated rings. The maximum absolute atomic E-state index is 13.4. The maximum Gasteiger partial charge on any atom is 0.410 e. The summed E-state index contributed by atoms with van der Waals surface area (Å²) < 4.78 is 17.1. The van der Waals surface area contributed by atoms with Crippen LogP contribution in [0.2, 0.25) is 0 Å². The number of piperidine rings is 1. The number of nitrogens with zero attached hydrogens (tertiary/aromatic N) is 2. The highest BCUT2D eigenvalue weighted by Gasteiger charge is 2.45. The molecule has 6 rings (SSSR count). The summed E-state index contributed by atoms with van der Waals surface area (Å²) in [6, 6.07) is 17.9. The van der Waals surface area contributed by atoms with E-state index in [0.717, 1.165) is 0 Å². The van der Waals surface area contributed by atoms with Crippen LogP contribution in [0, 0.1) is 5.92 Å². The third-order valence-corrected chi connectivity index (χ3v) is 7.70. The van der Waals surface area contributed by atoms with Crippen LogP contribution in [0.5, 0.6) is 5.75 Å². The molecule has 1 amide bonds. The van der Waals surface area contributed by atoms with Gasteiger partial charge < -0.3 is 14.2 Å². The average Bonchev–Trinajstić information content (AvgIpc) is 3.24. The quantitative estimate of drug-likeness (QED) is 0.489. The van der Waals surface area contributed by atoms with Crippen LogP contribution >= 0.6 is 0 Å². The lowest BCUT2D eigenvalue weighted by Crippen LogP contribution is -2.60. The molecule has 3 aliphatic rings. The first kappa shape index (κ1) is 22.7. The van der Waals surface area contributed by atoms with Gasteiger partial charge >= 0.3 is 6.09 Å². The summed E-state index contributed by atoms with van der Waals surface area (Å²) in [5.74, 6) is 0.314. The van der Waals surface area contributed by atoms with Gasteiger partial charge in [0.05, 0.1) is 38.0 Å². The predicted molar refractivity (Wildman–Crippen MR) is 133 cm³/mol. The van der Waals surface area contributed by atoms with E-state index in [-0.39, 0.29) is 42.4 Å². The molecule has 7 heteroatoms. The highest BCUT2D eigenvalue weighted by Crippen LogP contribution is 2.45. The number of fused-ring (bicyclic) bond motifs is 5. The minimum atomic E-state index is -0.333. The fraction of sp³-hybridized carbons (Fsp3) is 0.345. The molecule has 0 saturated carbocycles. The molecule has 2 atom stereocenters. The lowest BCUT2D eigenvalue weighted by atomic mass is 9.81. The third-order valence-electron chi connectivity index (χ3n) is 7.70. The van der Waals surface area contributed by atoms with E-state index in [2.05, 4.69) is 29.2 Å². The Labute approximate surface area is 210 Å². The minimum absolute atomic E-state index is 0.00374. The summed E-state index contributed by atoms with van der Waals surface area (Å²) in [6.07, 6.45) is 3.89. The monoisotopic (exact) mass is 484 g/mol. The van der Waals surface area contributed by atoms with E-state index < -0.39 is 0 Å². The smallest absolute Gasteiger partial charge is 0.410 e. The number of Topliss-reactive ketones (excluding diaryl/α,β-unsaturated/α-hetero) is 1. The fourth-order valence-electron chi connectivity index (χ4n) is 6.06. The molecule has 2 aliphatic heterocycles. The number of benzene rings is 2. The first-order valence-corrected chi connectivity index (χ1v) is 12.4. The zero-order valence-corrected chi connectivity index (χ0v) is 20.1. The molecule has 1 aliphatic carbocycles. The van der Waals surface area contributed by atoms with Crippen molar-refractivity contribution in [3.8, 4) is 16.9 Å². The third kappa shape index (κ3) is 3.84. The van der Waals surface area contributed by atoms with Gasteiger partial charge in [-0.25, -0.2) is 4.79 Å². The molecule has 1 aromatic heterocycles. The van der Waals surface area contributed by atoms with Crippen LogP contribution in [0.4, 0.5) is 4.79 Å². The number of hydrogen-bond donors (Lipinski definition) is 0. The number of methoxy groups -OCH3 is 1. The predicted octanol–water partition coefficient (Wildman–Crippen LogP) is 4.70. The van der Waals surface area contributed by atoms with Crippen LogP contribution in [0.3, 0.4) is 0 Å². The number of ether oxygens (including phenoxy) is 3.